The third-order valence-electron chi connectivity index (χ3n) is 3.03. The predicted octanol–water partition coefficient (Wildman–Crippen LogP) is 0.710. The molecular formula is C13H20N4O3. The fourth-order valence-corrected chi connectivity index (χ4v) is 1.62. The average molecular weight is 280 g/mol. The number of hydrazine groups is 1. The lowest BCUT2D eigenvalue weighted by Gasteiger charge is -2.33. The normalized spacial score (nSPS) is 11.2. The summed E-state index contributed by atoms with van der Waals surface area (Å²) in [5, 5.41) is 9.16. The molecule has 0 saturated heterocycles. The molecule has 0 unspecified atom stereocenters. The van der Waals surface area contributed by atoms with E-state index in [4.69, 9.17) is 5.11 Å². The minimum absolute atomic E-state index is 0.0182. The van der Waals surface area contributed by atoms with Crippen molar-refractivity contribution < 1.29 is 14.7 Å². The molecule has 0 saturated carbocycles. The number of likely N-dealkylation sites (N-methyl/N-ethyl adjacent to an activating group) is 1. The molecule has 3 N–H and O–H groups in total. The number of nitrogens with one attached hydrogen (secondary N) is 2. The van der Waals surface area contributed by atoms with Crippen molar-refractivity contribution >= 4 is 17.7 Å². The minimum Gasteiger partial charge on any atom is -0.480 e. The summed E-state index contributed by atoms with van der Waals surface area (Å²) in [6.45, 7) is 5.38. The van der Waals surface area contributed by atoms with Crippen LogP contribution in [0.1, 0.15) is 20.8 Å². The number of carbonyl (C=O) groups is 2. The Morgan fingerprint density at radius 1 is 1.40 bits per heavy atom. The van der Waals surface area contributed by atoms with Crippen LogP contribution in [-0.4, -0.2) is 45.5 Å². The lowest BCUT2D eigenvalue weighted by Crippen LogP contribution is -2.53. The first-order chi connectivity index (χ1) is 9.37. The van der Waals surface area contributed by atoms with Crippen molar-refractivity contribution in [2.45, 2.75) is 26.3 Å². The SMILES string of the molecule is CCN(CC(=O)NNc1ccccn1)C(C)(C)C(=O)O. The maximum Gasteiger partial charge on any atom is 0.323 e. The molecule has 0 aliphatic carbocycles. The number of anilines is 1. The Morgan fingerprint density at radius 2 is 2.10 bits per heavy atom. The van der Waals surface area contributed by atoms with E-state index in [-0.39, 0.29) is 12.5 Å². The molecule has 1 aromatic rings. The number of hydrogen-bond acceptors (Lipinski definition) is 5. The zero-order valence-electron chi connectivity index (χ0n) is 11.9. The Balaban J connectivity index is 2.54. The lowest BCUT2D eigenvalue weighted by molar-refractivity contribution is -0.150. The van der Waals surface area contributed by atoms with Gasteiger partial charge in [-0.25, -0.2) is 4.98 Å². The number of aliphatic carboxylic acids is 1. The second kappa shape index (κ2) is 6.85. The van der Waals surface area contributed by atoms with E-state index in [1.807, 2.05) is 6.92 Å². The van der Waals surface area contributed by atoms with E-state index in [0.717, 1.165) is 0 Å². The maximum absolute atomic E-state index is 11.8. The van der Waals surface area contributed by atoms with Crippen molar-refractivity contribution in [1.82, 2.24) is 15.3 Å². The quantitative estimate of drug-likeness (QED) is 0.637. The van der Waals surface area contributed by atoms with Gasteiger partial charge in [0.25, 0.3) is 5.91 Å². The number of carboxylic acid groups (broad SMARTS) is 1. The number of rotatable bonds is 7. The van der Waals surface area contributed by atoms with Crippen LogP contribution in [0.3, 0.4) is 0 Å². The summed E-state index contributed by atoms with van der Waals surface area (Å²) in [5.74, 6) is -0.780. The zero-order valence-corrected chi connectivity index (χ0v) is 11.9. The maximum atomic E-state index is 11.8. The van der Waals surface area contributed by atoms with Crippen LogP contribution in [0.25, 0.3) is 0 Å². The van der Waals surface area contributed by atoms with Crippen LogP contribution in [0.4, 0.5) is 5.82 Å². The second-order valence-electron chi connectivity index (χ2n) is 4.77. The Labute approximate surface area is 118 Å². The molecule has 0 aliphatic rings. The van der Waals surface area contributed by atoms with E-state index in [9.17, 15) is 9.59 Å². The molecule has 0 aliphatic heterocycles. The topological polar surface area (TPSA) is 94.6 Å². The molecule has 1 amide bonds. The Bertz CT molecular complexity index is 462. The zero-order chi connectivity index (χ0) is 15.2. The molecule has 0 fully saturated rings. The summed E-state index contributed by atoms with van der Waals surface area (Å²) in [6, 6.07) is 5.26. The van der Waals surface area contributed by atoms with Crippen LogP contribution < -0.4 is 10.9 Å². The molecule has 0 aromatic carbocycles. The molecule has 1 aromatic heterocycles. The van der Waals surface area contributed by atoms with Gasteiger partial charge in [0.1, 0.15) is 11.4 Å². The van der Waals surface area contributed by atoms with Crippen molar-refractivity contribution in [2.24, 2.45) is 0 Å². The van der Waals surface area contributed by atoms with Crippen molar-refractivity contribution in [3.63, 3.8) is 0 Å². The summed E-state index contributed by atoms with van der Waals surface area (Å²) in [7, 11) is 0. The van der Waals surface area contributed by atoms with Crippen LogP contribution in [0.15, 0.2) is 24.4 Å². The van der Waals surface area contributed by atoms with Crippen LogP contribution in [0.5, 0.6) is 0 Å². The van der Waals surface area contributed by atoms with Gasteiger partial charge in [-0.15, -0.1) is 0 Å². The molecule has 0 spiro atoms. The third kappa shape index (κ3) is 4.20. The number of nitrogens with zero attached hydrogens (tertiary/aromatic N) is 2. The molecule has 110 valence electrons. The summed E-state index contributed by atoms with van der Waals surface area (Å²) in [6.07, 6.45) is 1.60. The highest BCUT2D eigenvalue weighted by atomic mass is 16.4. The van der Waals surface area contributed by atoms with Gasteiger partial charge in [-0.3, -0.25) is 25.3 Å². The molecule has 0 bridgehead atoms. The van der Waals surface area contributed by atoms with E-state index in [1.165, 1.54) is 0 Å². The first kappa shape index (κ1) is 15.9. The number of carbonyl (C=O) groups excluding carboxylic acids is 1. The van der Waals surface area contributed by atoms with Gasteiger partial charge in [0.05, 0.1) is 6.54 Å². The fraction of sp³-hybridized carbons (Fsp3) is 0.462. The van der Waals surface area contributed by atoms with E-state index < -0.39 is 11.5 Å². The summed E-state index contributed by atoms with van der Waals surface area (Å²) in [4.78, 5) is 28.6. The number of hydrogen-bond donors (Lipinski definition) is 3. The van der Waals surface area contributed by atoms with Crippen LogP contribution >= 0.6 is 0 Å². The van der Waals surface area contributed by atoms with Gasteiger partial charge >= 0.3 is 5.97 Å². The molecular weight excluding hydrogens is 260 g/mol. The number of pyridine rings is 1. The Kier molecular flexibility index (Phi) is 5.45. The summed E-state index contributed by atoms with van der Waals surface area (Å²) >= 11 is 0. The number of amides is 1. The van der Waals surface area contributed by atoms with Gasteiger partial charge < -0.3 is 5.11 Å². The van der Waals surface area contributed by atoms with Crippen molar-refractivity contribution in [1.29, 1.82) is 0 Å². The lowest BCUT2D eigenvalue weighted by atomic mass is 10.0. The van der Waals surface area contributed by atoms with E-state index in [0.29, 0.717) is 12.4 Å². The second-order valence-corrected chi connectivity index (χ2v) is 4.77. The monoisotopic (exact) mass is 280 g/mol. The highest BCUT2D eigenvalue weighted by Crippen LogP contribution is 2.13. The first-order valence-electron chi connectivity index (χ1n) is 6.32. The average Bonchev–Trinajstić information content (AvgIpc) is 2.43. The van der Waals surface area contributed by atoms with Gasteiger partial charge in [-0.05, 0) is 32.5 Å². The van der Waals surface area contributed by atoms with Crippen molar-refractivity contribution in [2.75, 3.05) is 18.5 Å². The highest BCUT2D eigenvalue weighted by Gasteiger charge is 2.34. The van der Waals surface area contributed by atoms with Crippen molar-refractivity contribution in [3.8, 4) is 0 Å². The van der Waals surface area contributed by atoms with Gasteiger partial charge in [0, 0.05) is 6.20 Å². The van der Waals surface area contributed by atoms with Gasteiger partial charge in [0.15, 0.2) is 0 Å². The fourth-order valence-electron chi connectivity index (χ4n) is 1.62. The molecule has 0 radical (unpaired) electrons. The van der Waals surface area contributed by atoms with Gasteiger partial charge in [-0.1, -0.05) is 13.0 Å². The van der Waals surface area contributed by atoms with Gasteiger partial charge in [0.2, 0.25) is 0 Å². The largest absolute Gasteiger partial charge is 0.480 e. The minimum atomic E-state index is -1.10. The third-order valence-corrected chi connectivity index (χ3v) is 3.03. The Morgan fingerprint density at radius 3 is 2.60 bits per heavy atom. The van der Waals surface area contributed by atoms with E-state index in [1.54, 1.807) is 43.1 Å². The molecule has 7 heteroatoms. The predicted molar refractivity (Wildman–Crippen MR) is 75.0 cm³/mol. The van der Waals surface area contributed by atoms with Gasteiger partial charge in [-0.2, -0.15) is 0 Å². The summed E-state index contributed by atoms with van der Waals surface area (Å²) < 4.78 is 0. The number of carboxylic acids is 1. The molecule has 7 nitrogen and oxygen atoms in total. The van der Waals surface area contributed by atoms with E-state index in [2.05, 4.69) is 15.8 Å². The molecule has 20 heavy (non-hydrogen) atoms. The smallest absolute Gasteiger partial charge is 0.323 e. The molecule has 0 atom stereocenters. The van der Waals surface area contributed by atoms with Crippen LogP contribution in [0.2, 0.25) is 0 Å². The van der Waals surface area contributed by atoms with Crippen molar-refractivity contribution in [3.05, 3.63) is 24.4 Å². The molecule has 1 heterocycles. The Hall–Kier alpha value is -2.15. The number of aromatic nitrogens is 1. The van der Waals surface area contributed by atoms with Crippen LogP contribution in [-0.2, 0) is 9.59 Å². The van der Waals surface area contributed by atoms with Crippen LogP contribution in [0, 0.1) is 0 Å². The highest BCUT2D eigenvalue weighted by molar-refractivity contribution is 5.82. The van der Waals surface area contributed by atoms with E-state index >= 15 is 0 Å². The first-order valence-corrected chi connectivity index (χ1v) is 6.32. The standard InChI is InChI=1S/C13H20N4O3/c1-4-17(13(2,3)12(19)20)9-11(18)16-15-10-7-5-6-8-14-10/h5-8H,4,9H2,1-3H3,(H,14,15)(H,16,18)(H,19,20). The molecule has 1 rings (SSSR count). The summed E-state index contributed by atoms with van der Waals surface area (Å²) in [5.41, 5.74) is 4.06.